The number of piperazine rings is 1. The van der Waals surface area contributed by atoms with E-state index in [4.69, 9.17) is 9.47 Å². The Labute approximate surface area is 160 Å². The Bertz CT molecular complexity index is 541. The smallest absolute Gasteiger partial charge is 0.310 e. The van der Waals surface area contributed by atoms with E-state index in [-0.39, 0.29) is 29.8 Å². The summed E-state index contributed by atoms with van der Waals surface area (Å²) in [6, 6.07) is 0. The molecule has 27 heavy (non-hydrogen) atoms. The minimum atomic E-state index is -0.272. The summed E-state index contributed by atoms with van der Waals surface area (Å²) in [6.45, 7) is 7.00. The lowest BCUT2D eigenvalue weighted by Crippen LogP contribution is -2.54. The Morgan fingerprint density at radius 3 is 2.44 bits per heavy atom. The van der Waals surface area contributed by atoms with E-state index in [0.717, 1.165) is 25.7 Å². The maximum Gasteiger partial charge on any atom is 0.310 e. The number of likely N-dealkylation sites (tertiary alicyclic amines) is 1. The van der Waals surface area contributed by atoms with Gasteiger partial charge in [0.1, 0.15) is 6.10 Å². The van der Waals surface area contributed by atoms with E-state index in [1.165, 1.54) is 0 Å². The van der Waals surface area contributed by atoms with Crippen LogP contribution in [0.4, 0.5) is 0 Å². The van der Waals surface area contributed by atoms with Crippen molar-refractivity contribution < 1.29 is 23.9 Å². The number of nitrogens with zero attached hydrogens (tertiary/aromatic N) is 3. The fraction of sp³-hybridized carbons (Fsp3) is 0.842. The first-order chi connectivity index (χ1) is 13.1. The number of carbonyl (C=O) groups excluding carboxylic acids is 3. The number of amides is 2. The monoisotopic (exact) mass is 381 g/mol. The molecular formula is C19H31N3O5. The number of carbonyl (C=O) groups is 3. The molecule has 2 unspecified atom stereocenters. The number of hydrogen-bond donors (Lipinski definition) is 0. The Morgan fingerprint density at radius 1 is 1.00 bits per heavy atom. The molecule has 3 aliphatic heterocycles. The van der Waals surface area contributed by atoms with Gasteiger partial charge < -0.3 is 19.3 Å². The fourth-order valence-electron chi connectivity index (χ4n) is 4.05. The number of rotatable bonds is 5. The zero-order valence-electron chi connectivity index (χ0n) is 16.2. The van der Waals surface area contributed by atoms with Gasteiger partial charge in [-0.05, 0) is 32.6 Å². The third-order valence-corrected chi connectivity index (χ3v) is 5.64. The highest BCUT2D eigenvalue weighted by molar-refractivity contribution is 5.82. The van der Waals surface area contributed by atoms with Gasteiger partial charge in [0.05, 0.1) is 19.1 Å². The van der Waals surface area contributed by atoms with Crippen LogP contribution < -0.4 is 0 Å². The molecule has 2 amide bonds. The van der Waals surface area contributed by atoms with E-state index in [0.29, 0.717) is 59.0 Å². The first-order valence-electron chi connectivity index (χ1n) is 10.2. The third-order valence-electron chi connectivity index (χ3n) is 5.64. The SMILES string of the molecule is CCOC(=O)C1CCCN(C(=O)CN2CCN(C(=O)C3CCCO3)CC2)C1. The Kier molecular flexibility index (Phi) is 7.07. The van der Waals surface area contributed by atoms with Crippen molar-refractivity contribution in [2.24, 2.45) is 5.92 Å². The largest absolute Gasteiger partial charge is 0.466 e. The van der Waals surface area contributed by atoms with Crippen molar-refractivity contribution >= 4 is 17.8 Å². The number of ether oxygens (including phenoxy) is 2. The Hall–Kier alpha value is -1.67. The molecule has 0 N–H and O–H groups in total. The van der Waals surface area contributed by atoms with Gasteiger partial charge in [0.15, 0.2) is 0 Å². The molecule has 0 saturated carbocycles. The summed E-state index contributed by atoms with van der Waals surface area (Å²) in [6.07, 6.45) is 3.11. The predicted octanol–water partition coefficient (Wildman–Crippen LogP) is 0.111. The second-order valence-corrected chi connectivity index (χ2v) is 7.53. The fourth-order valence-corrected chi connectivity index (χ4v) is 4.05. The average Bonchev–Trinajstić information content (AvgIpc) is 3.23. The lowest BCUT2D eigenvalue weighted by Gasteiger charge is -2.37. The van der Waals surface area contributed by atoms with Crippen molar-refractivity contribution in [2.75, 3.05) is 59.0 Å². The minimum absolute atomic E-state index is 0.0582. The van der Waals surface area contributed by atoms with Crippen LogP contribution in [0.2, 0.25) is 0 Å². The van der Waals surface area contributed by atoms with Gasteiger partial charge in [-0.25, -0.2) is 0 Å². The van der Waals surface area contributed by atoms with Gasteiger partial charge in [-0.1, -0.05) is 0 Å². The number of hydrogen-bond acceptors (Lipinski definition) is 6. The molecule has 152 valence electrons. The van der Waals surface area contributed by atoms with E-state index >= 15 is 0 Å². The topological polar surface area (TPSA) is 79.4 Å². The van der Waals surface area contributed by atoms with Crippen LogP contribution in [-0.2, 0) is 23.9 Å². The molecule has 0 aliphatic carbocycles. The quantitative estimate of drug-likeness (QED) is 0.629. The van der Waals surface area contributed by atoms with Crippen molar-refractivity contribution in [3.63, 3.8) is 0 Å². The molecule has 0 aromatic carbocycles. The summed E-state index contributed by atoms with van der Waals surface area (Å²) in [5.74, 6) is -0.255. The maximum absolute atomic E-state index is 12.6. The van der Waals surface area contributed by atoms with Gasteiger partial charge >= 0.3 is 5.97 Å². The van der Waals surface area contributed by atoms with Gasteiger partial charge in [0.2, 0.25) is 5.91 Å². The Balaban J connectivity index is 1.42. The van der Waals surface area contributed by atoms with Crippen LogP contribution in [0.5, 0.6) is 0 Å². The molecule has 3 heterocycles. The first kappa shape index (κ1) is 20.1. The van der Waals surface area contributed by atoms with Crippen LogP contribution in [0, 0.1) is 5.92 Å². The lowest BCUT2D eigenvalue weighted by atomic mass is 9.98. The van der Waals surface area contributed by atoms with Crippen LogP contribution in [0.25, 0.3) is 0 Å². The summed E-state index contributed by atoms with van der Waals surface area (Å²) >= 11 is 0. The van der Waals surface area contributed by atoms with Crippen LogP contribution in [0.15, 0.2) is 0 Å². The predicted molar refractivity (Wildman–Crippen MR) is 97.9 cm³/mol. The maximum atomic E-state index is 12.6. The molecule has 0 aromatic heterocycles. The van der Waals surface area contributed by atoms with E-state index < -0.39 is 0 Å². The lowest BCUT2D eigenvalue weighted by molar-refractivity contribution is -0.151. The number of piperidine rings is 1. The van der Waals surface area contributed by atoms with Gasteiger partial charge in [-0.2, -0.15) is 0 Å². The minimum Gasteiger partial charge on any atom is -0.466 e. The average molecular weight is 381 g/mol. The van der Waals surface area contributed by atoms with Gasteiger partial charge in [-0.15, -0.1) is 0 Å². The van der Waals surface area contributed by atoms with Crippen LogP contribution in [0.1, 0.15) is 32.6 Å². The van der Waals surface area contributed by atoms with Crippen molar-refractivity contribution in [1.82, 2.24) is 14.7 Å². The molecule has 0 spiro atoms. The van der Waals surface area contributed by atoms with Gasteiger partial charge in [-0.3, -0.25) is 19.3 Å². The molecule has 3 rings (SSSR count). The summed E-state index contributed by atoms with van der Waals surface area (Å²) in [4.78, 5) is 42.7. The first-order valence-corrected chi connectivity index (χ1v) is 10.2. The zero-order chi connectivity index (χ0) is 19.2. The van der Waals surface area contributed by atoms with Gasteiger partial charge in [0, 0.05) is 45.9 Å². The third kappa shape index (κ3) is 5.19. The highest BCUT2D eigenvalue weighted by atomic mass is 16.5. The highest BCUT2D eigenvalue weighted by Gasteiger charge is 2.32. The molecule has 2 atom stereocenters. The molecule has 8 nitrogen and oxygen atoms in total. The van der Waals surface area contributed by atoms with E-state index in [1.807, 2.05) is 4.90 Å². The second-order valence-electron chi connectivity index (χ2n) is 7.53. The van der Waals surface area contributed by atoms with Crippen LogP contribution >= 0.6 is 0 Å². The standard InChI is InChI=1S/C19H31N3O5/c1-2-26-19(25)15-5-3-7-22(13-15)17(23)14-20-8-10-21(11-9-20)18(24)16-6-4-12-27-16/h15-16H,2-14H2,1H3. The number of esters is 1. The van der Waals surface area contributed by atoms with Crippen LogP contribution in [0.3, 0.4) is 0 Å². The molecule has 0 radical (unpaired) electrons. The summed E-state index contributed by atoms with van der Waals surface area (Å²) < 4.78 is 10.6. The van der Waals surface area contributed by atoms with Crippen molar-refractivity contribution in [3.05, 3.63) is 0 Å². The molecule has 3 aliphatic rings. The molecule has 8 heteroatoms. The summed E-state index contributed by atoms with van der Waals surface area (Å²) in [5, 5.41) is 0. The summed E-state index contributed by atoms with van der Waals surface area (Å²) in [5.41, 5.74) is 0. The van der Waals surface area contributed by atoms with Crippen molar-refractivity contribution in [1.29, 1.82) is 0 Å². The normalized spacial score (nSPS) is 26.9. The molecule has 0 bridgehead atoms. The Morgan fingerprint density at radius 2 is 1.78 bits per heavy atom. The molecule has 3 fully saturated rings. The second kappa shape index (κ2) is 9.50. The van der Waals surface area contributed by atoms with E-state index in [1.54, 1.807) is 11.8 Å². The van der Waals surface area contributed by atoms with E-state index in [2.05, 4.69) is 4.90 Å². The molecule has 3 saturated heterocycles. The summed E-state index contributed by atoms with van der Waals surface area (Å²) in [7, 11) is 0. The van der Waals surface area contributed by atoms with Gasteiger partial charge in [0.25, 0.3) is 5.91 Å². The van der Waals surface area contributed by atoms with Crippen molar-refractivity contribution in [2.45, 2.75) is 38.7 Å². The highest BCUT2D eigenvalue weighted by Crippen LogP contribution is 2.19. The van der Waals surface area contributed by atoms with E-state index in [9.17, 15) is 14.4 Å². The molecular weight excluding hydrogens is 350 g/mol. The molecule has 0 aromatic rings. The zero-order valence-corrected chi connectivity index (χ0v) is 16.2. The van der Waals surface area contributed by atoms with Crippen molar-refractivity contribution in [3.8, 4) is 0 Å². The van der Waals surface area contributed by atoms with Crippen LogP contribution in [-0.4, -0.2) is 97.6 Å².